The Morgan fingerprint density at radius 2 is 1.86 bits per heavy atom. The highest BCUT2D eigenvalue weighted by Crippen LogP contribution is 2.19. The third-order valence-corrected chi connectivity index (χ3v) is 4.43. The van der Waals surface area contributed by atoms with E-state index in [4.69, 9.17) is 17.3 Å². The molecule has 5 nitrogen and oxygen atoms in total. The number of nitrogens with zero attached hydrogens (tertiary/aromatic N) is 1. The number of halogens is 1. The quantitative estimate of drug-likeness (QED) is 0.479. The van der Waals surface area contributed by atoms with Crippen molar-refractivity contribution in [3.05, 3.63) is 107 Å². The van der Waals surface area contributed by atoms with E-state index in [1.165, 1.54) is 6.20 Å². The zero-order chi connectivity index (χ0) is 20.6. The molecule has 0 unspecified atom stereocenters. The predicted octanol–water partition coefficient (Wildman–Crippen LogP) is 5.09. The number of anilines is 2. The standard InChI is InChI=1S/C23H21ClN4O/c1-2-5-20(25)17-10-8-16(9-11-17)14-26-21-7-4-3-6-19(21)23(29)28-22-13-12-18(24)15-27-22/h2-13,15,26H,1,14,25H2,(H,27,28,29)/b20-5-. The van der Waals surface area contributed by atoms with E-state index >= 15 is 0 Å². The Hall–Kier alpha value is -3.57. The van der Waals surface area contributed by atoms with Crippen LogP contribution in [0.5, 0.6) is 0 Å². The highest BCUT2D eigenvalue weighted by molar-refractivity contribution is 6.30. The van der Waals surface area contributed by atoms with Gasteiger partial charge in [0.15, 0.2) is 0 Å². The summed E-state index contributed by atoms with van der Waals surface area (Å²) < 4.78 is 0. The monoisotopic (exact) mass is 404 g/mol. The van der Waals surface area contributed by atoms with E-state index in [9.17, 15) is 4.79 Å². The molecule has 0 spiro atoms. The van der Waals surface area contributed by atoms with Crippen LogP contribution in [0.2, 0.25) is 5.02 Å². The number of hydrogen-bond donors (Lipinski definition) is 3. The molecule has 0 aliphatic carbocycles. The molecule has 0 saturated carbocycles. The van der Waals surface area contributed by atoms with Crippen LogP contribution in [0.15, 0.2) is 85.6 Å². The lowest BCUT2D eigenvalue weighted by Gasteiger charge is -2.12. The highest BCUT2D eigenvalue weighted by atomic mass is 35.5. The molecule has 6 heteroatoms. The van der Waals surface area contributed by atoms with Gasteiger partial charge in [0.2, 0.25) is 0 Å². The Morgan fingerprint density at radius 1 is 1.10 bits per heavy atom. The van der Waals surface area contributed by atoms with Crippen molar-refractivity contribution in [2.45, 2.75) is 6.54 Å². The summed E-state index contributed by atoms with van der Waals surface area (Å²) in [5.74, 6) is 0.190. The average molecular weight is 405 g/mol. The molecule has 1 amide bonds. The van der Waals surface area contributed by atoms with Crippen LogP contribution in [-0.2, 0) is 6.54 Å². The van der Waals surface area contributed by atoms with Gasteiger partial charge in [-0.25, -0.2) is 4.98 Å². The Bertz CT molecular complexity index is 1030. The summed E-state index contributed by atoms with van der Waals surface area (Å²) >= 11 is 5.83. The van der Waals surface area contributed by atoms with Gasteiger partial charge in [-0.15, -0.1) is 0 Å². The van der Waals surface area contributed by atoms with Gasteiger partial charge in [0.1, 0.15) is 5.82 Å². The van der Waals surface area contributed by atoms with Crippen molar-refractivity contribution in [2.75, 3.05) is 10.6 Å². The van der Waals surface area contributed by atoms with Crippen LogP contribution in [-0.4, -0.2) is 10.9 Å². The number of benzene rings is 2. The van der Waals surface area contributed by atoms with Crippen molar-refractivity contribution in [1.82, 2.24) is 4.98 Å². The smallest absolute Gasteiger partial charge is 0.258 e. The maximum absolute atomic E-state index is 12.7. The molecule has 1 aromatic heterocycles. The number of amides is 1. The number of carbonyl (C=O) groups excluding carboxylic acids is 1. The zero-order valence-electron chi connectivity index (χ0n) is 15.7. The maximum atomic E-state index is 12.7. The van der Waals surface area contributed by atoms with Crippen molar-refractivity contribution in [3.8, 4) is 0 Å². The first-order chi connectivity index (χ1) is 14.1. The number of nitrogens with one attached hydrogen (secondary N) is 2. The number of aromatic nitrogens is 1. The maximum Gasteiger partial charge on any atom is 0.258 e. The lowest BCUT2D eigenvalue weighted by Crippen LogP contribution is -2.15. The molecule has 0 bridgehead atoms. The number of allylic oxidation sites excluding steroid dienone is 2. The molecule has 0 aliphatic rings. The van der Waals surface area contributed by atoms with E-state index in [1.807, 2.05) is 42.5 Å². The van der Waals surface area contributed by atoms with E-state index in [0.717, 1.165) is 16.8 Å². The predicted molar refractivity (Wildman–Crippen MR) is 120 cm³/mol. The fourth-order valence-corrected chi connectivity index (χ4v) is 2.82. The second-order valence-corrected chi connectivity index (χ2v) is 6.71. The van der Waals surface area contributed by atoms with Gasteiger partial charge in [0.25, 0.3) is 5.91 Å². The first-order valence-electron chi connectivity index (χ1n) is 9.00. The van der Waals surface area contributed by atoms with Gasteiger partial charge in [-0.3, -0.25) is 4.79 Å². The lowest BCUT2D eigenvalue weighted by atomic mass is 10.1. The molecule has 4 N–H and O–H groups in total. The topological polar surface area (TPSA) is 80.0 Å². The van der Waals surface area contributed by atoms with Crippen LogP contribution in [0, 0.1) is 0 Å². The number of rotatable bonds is 7. The molecule has 3 aromatic rings. The zero-order valence-corrected chi connectivity index (χ0v) is 16.5. The van der Waals surface area contributed by atoms with Gasteiger partial charge in [-0.05, 0) is 41.5 Å². The second-order valence-electron chi connectivity index (χ2n) is 6.27. The van der Waals surface area contributed by atoms with Crippen LogP contribution < -0.4 is 16.4 Å². The average Bonchev–Trinajstić information content (AvgIpc) is 2.74. The van der Waals surface area contributed by atoms with E-state index in [0.29, 0.717) is 28.6 Å². The van der Waals surface area contributed by atoms with Crippen LogP contribution >= 0.6 is 11.6 Å². The van der Waals surface area contributed by atoms with Crippen LogP contribution in [0.25, 0.3) is 5.70 Å². The molecular weight excluding hydrogens is 384 g/mol. The fourth-order valence-electron chi connectivity index (χ4n) is 2.70. The highest BCUT2D eigenvalue weighted by Gasteiger charge is 2.11. The molecular formula is C23H21ClN4O. The van der Waals surface area contributed by atoms with Crippen LogP contribution in [0.4, 0.5) is 11.5 Å². The molecule has 3 rings (SSSR count). The van der Waals surface area contributed by atoms with E-state index in [-0.39, 0.29) is 5.91 Å². The molecule has 1 heterocycles. The Morgan fingerprint density at radius 3 is 2.55 bits per heavy atom. The summed E-state index contributed by atoms with van der Waals surface area (Å²) in [5.41, 5.74) is 9.88. The normalized spacial score (nSPS) is 11.0. The summed E-state index contributed by atoms with van der Waals surface area (Å²) in [6, 6.07) is 18.6. The number of para-hydroxylation sites is 1. The minimum absolute atomic E-state index is 0.249. The summed E-state index contributed by atoms with van der Waals surface area (Å²) in [7, 11) is 0. The fraction of sp³-hybridized carbons (Fsp3) is 0.0435. The summed E-state index contributed by atoms with van der Waals surface area (Å²) in [5, 5.41) is 6.61. The van der Waals surface area contributed by atoms with Crippen molar-refractivity contribution < 1.29 is 4.79 Å². The van der Waals surface area contributed by atoms with E-state index in [2.05, 4.69) is 22.2 Å². The first kappa shape index (κ1) is 20.2. The van der Waals surface area contributed by atoms with Gasteiger partial charge in [-0.1, -0.05) is 60.7 Å². The molecule has 0 radical (unpaired) electrons. The molecule has 0 atom stereocenters. The Kier molecular flexibility index (Phi) is 6.66. The first-order valence-corrected chi connectivity index (χ1v) is 9.38. The molecule has 29 heavy (non-hydrogen) atoms. The van der Waals surface area contributed by atoms with Gasteiger partial charge >= 0.3 is 0 Å². The largest absolute Gasteiger partial charge is 0.398 e. The van der Waals surface area contributed by atoms with E-state index < -0.39 is 0 Å². The van der Waals surface area contributed by atoms with Crippen molar-refractivity contribution in [1.29, 1.82) is 0 Å². The van der Waals surface area contributed by atoms with Gasteiger partial charge in [0, 0.05) is 24.1 Å². The number of nitrogens with two attached hydrogens (primary N) is 1. The SMILES string of the molecule is C=C/C=C(\N)c1ccc(CNc2ccccc2C(=O)Nc2ccc(Cl)cn2)cc1. The van der Waals surface area contributed by atoms with E-state index in [1.54, 1.807) is 30.4 Å². The Labute approximate surface area is 174 Å². The van der Waals surface area contributed by atoms with Crippen molar-refractivity contribution >= 4 is 34.7 Å². The number of carbonyl (C=O) groups is 1. The van der Waals surface area contributed by atoms with Gasteiger partial charge < -0.3 is 16.4 Å². The van der Waals surface area contributed by atoms with Crippen molar-refractivity contribution in [2.24, 2.45) is 5.73 Å². The van der Waals surface area contributed by atoms with Crippen molar-refractivity contribution in [3.63, 3.8) is 0 Å². The number of pyridine rings is 1. The second kappa shape index (κ2) is 9.57. The van der Waals surface area contributed by atoms with Crippen LogP contribution in [0.1, 0.15) is 21.5 Å². The Balaban J connectivity index is 1.69. The molecule has 0 aliphatic heterocycles. The molecule has 0 fully saturated rings. The molecule has 2 aromatic carbocycles. The van der Waals surface area contributed by atoms with Crippen LogP contribution in [0.3, 0.4) is 0 Å². The summed E-state index contributed by atoms with van der Waals surface area (Å²) in [4.78, 5) is 16.8. The third kappa shape index (κ3) is 5.46. The third-order valence-electron chi connectivity index (χ3n) is 4.21. The number of hydrogen-bond acceptors (Lipinski definition) is 4. The van der Waals surface area contributed by atoms with Gasteiger partial charge in [0.05, 0.1) is 10.6 Å². The minimum Gasteiger partial charge on any atom is -0.398 e. The molecule has 0 saturated heterocycles. The lowest BCUT2D eigenvalue weighted by molar-refractivity contribution is 0.102. The van der Waals surface area contributed by atoms with Gasteiger partial charge in [-0.2, -0.15) is 0 Å². The summed E-state index contributed by atoms with van der Waals surface area (Å²) in [6.07, 6.45) is 4.91. The minimum atomic E-state index is -0.249. The molecule has 146 valence electrons. The summed E-state index contributed by atoms with van der Waals surface area (Å²) in [6.45, 7) is 4.21.